The van der Waals surface area contributed by atoms with Gasteiger partial charge in [0.25, 0.3) is 0 Å². The lowest BCUT2D eigenvalue weighted by Crippen LogP contribution is -2.08. The molecule has 2 N–H and O–H groups in total. The molecule has 1 unspecified atom stereocenters. The van der Waals surface area contributed by atoms with Gasteiger partial charge in [0, 0.05) is 16.2 Å². The van der Waals surface area contributed by atoms with Gasteiger partial charge in [-0.15, -0.1) is 0 Å². The van der Waals surface area contributed by atoms with Crippen LogP contribution in [0.15, 0.2) is 22.7 Å². The van der Waals surface area contributed by atoms with Crippen molar-refractivity contribution >= 4 is 21.6 Å². The van der Waals surface area contributed by atoms with Crippen molar-refractivity contribution in [1.82, 2.24) is 0 Å². The Labute approximate surface area is 99.9 Å². The lowest BCUT2D eigenvalue weighted by molar-refractivity contribution is 0.251. The Kier molecular flexibility index (Phi) is 4.95. The van der Waals surface area contributed by atoms with E-state index in [0.29, 0.717) is 5.92 Å². The Hall–Kier alpha value is -0.700. The molecule has 0 aliphatic carbocycles. The molecular weight excluding hydrogens is 254 g/mol. The van der Waals surface area contributed by atoms with Gasteiger partial charge < -0.3 is 10.5 Å². The van der Waals surface area contributed by atoms with Crippen molar-refractivity contribution in [3.63, 3.8) is 0 Å². The minimum absolute atomic E-state index is 0.593. The molecule has 1 rings (SSSR count). The van der Waals surface area contributed by atoms with Crippen molar-refractivity contribution in [1.29, 1.82) is 0 Å². The first-order chi connectivity index (χ1) is 7.11. The number of hydrogen-bond acceptors (Lipinski definition) is 2. The van der Waals surface area contributed by atoms with E-state index in [4.69, 9.17) is 10.5 Å². The summed E-state index contributed by atoms with van der Waals surface area (Å²) in [6, 6.07) is 5.65. The van der Waals surface area contributed by atoms with Gasteiger partial charge in [-0.1, -0.05) is 36.2 Å². The zero-order valence-corrected chi connectivity index (χ0v) is 10.9. The highest BCUT2D eigenvalue weighted by Gasteiger charge is 2.03. The minimum Gasteiger partial charge on any atom is -0.493 e. The largest absolute Gasteiger partial charge is 0.493 e. The van der Waals surface area contributed by atoms with Gasteiger partial charge >= 0.3 is 0 Å². The second kappa shape index (κ2) is 6.01. The molecule has 0 saturated carbocycles. The van der Waals surface area contributed by atoms with Gasteiger partial charge in [0.15, 0.2) is 0 Å². The summed E-state index contributed by atoms with van der Waals surface area (Å²) in [5.74, 6) is 1.43. The molecule has 0 aromatic heterocycles. The van der Waals surface area contributed by atoms with Crippen molar-refractivity contribution in [3.8, 4) is 5.75 Å². The molecule has 2 nitrogen and oxygen atoms in total. The monoisotopic (exact) mass is 271 g/mol. The molecule has 0 fully saturated rings. The molecule has 0 spiro atoms. The summed E-state index contributed by atoms with van der Waals surface area (Å²) in [5.41, 5.74) is 6.44. The molecule has 0 bridgehead atoms. The van der Waals surface area contributed by atoms with E-state index in [1.807, 2.05) is 18.2 Å². The number of anilines is 1. The fraction of sp³-hybridized carbons (Fsp3) is 0.500. The number of halogens is 1. The third kappa shape index (κ3) is 4.56. The van der Waals surface area contributed by atoms with Crippen LogP contribution < -0.4 is 10.5 Å². The summed E-state index contributed by atoms with van der Waals surface area (Å²) in [4.78, 5) is 0. The number of hydrogen-bond donors (Lipinski definition) is 1. The maximum absolute atomic E-state index is 5.71. The Morgan fingerprint density at radius 2 is 2.13 bits per heavy atom. The van der Waals surface area contributed by atoms with Gasteiger partial charge in [-0.05, 0) is 24.5 Å². The van der Waals surface area contributed by atoms with Gasteiger partial charge in [-0.25, -0.2) is 0 Å². The van der Waals surface area contributed by atoms with Crippen molar-refractivity contribution in [2.24, 2.45) is 5.92 Å². The number of rotatable bonds is 5. The van der Waals surface area contributed by atoms with E-state index in [1.165, 1.54) is 12.8 Å². The zero-order chi connectivity index (χ0) is 11.3. The molecule has 0 saturated heterocycles. The summed E-state index contributed by atoms with van der Waals surface area (Å²) in [5, 5.41) is 0. The van der Waals surface area contributed by atoms with E-state index in [0.717, 1.165) is 22.5 Å². The molecule has 15 heavy (non-hydrogen) atoms. The fourth-order valence-corrected chi connectivity index (χ4v) is 1.97. The average molecular weight is 272 g/mol. The maximum Gasteiger partial charge on any atom is 0.122 e. The van der Waals surface area contributed by atoms with Crippen LogP contribution in [-0.2, 0) is 0 Å². The third-order valence-electron chi connectivity index (χ3n) is 2.21. The lowest BCUT2D eigenvalue weighted by atomic mass is 10.1. The van der Waals surface area contributed by atoms with E-state index in [1.54, 1.807) is 0 Å². The van der Waals surface area contributed by atoms with Gasteiger partial charge in [-0.3, -0.25) is 0 Å². The highest BCUT2D eigenvalue weighted by molar-refractivity contribution is 9.10. The summed E-state index contributed by atoms with van der Waals surface area (Å²) >= 11 is 3.39. The van der Waals surface area contributed by atoms with Crippen LogP contribution in [0.4, 0.5) is 5.69 Å². The smallest absolute Gasteiger partial charge is 0.122 e. The van der Waals surface area contributed by atoms with Gasteiger partial charge in [0.2, 0.25) is 0 Å². The van der Waals surface area contributed by atoms with Crippen LogP contribution in [-0.4, -0.2) is 6.61 Å². The molecule has 1 aromatic carbocycles. The van der Waals surface area contributed by atoms with E-state index < -0.39 is 0 Å². The summed E-state index contributed by atoms with van der Waals surface area (Å²) < 4.78 is 6.63. The Balaban J connectivity index is 2.50. The first kappa shape index (κ1) is 12.4. The molecule has 3 heteroatoms. The quantitative estimate of drug-likeness (QED) is 0.826. The zero-order valence-electron chi connectivity index (χ0n) is 9.29. The predicted molar refractivity (Wildman–Crippen MR) is 68.1 cm³/mol. The van der Waals surface area contributed by atoms with Crippen LogP contribution in [0.25, 0.3) is 0 Å². The van der Waals surface area contributed by atoms with Crippen LogP contribution >= 0.6 is 15.9 Å². The molecule has 0 aliphatic rings. The normalized spacial score (nSPS) is 12.5. The van der Waals surface area contributed by atoms with Crippen LogP contribution in [0, 0.1) is 5.92 Å². The topological polar surface area (TPSA) is 35.2 Å². The molecule has 0 amide bonds. The third-order valence-corrected chi connectivity index (χ3v) is 2.67. The molecule has 84 valence electrons. The molecule has 0 aliphatic heterocycles. The summed E-state index contributed by atoms with van der Waals surface area (Å²) in [6.07, 6.45) is 2.40. The fourth-order valence-electron chi connectivity index (χ4n) is 1.48. The van der Waals surface area contributed by atoms with E-state index in [2.05, 4.69) is 29.8 Å². The molecule has 1 aromatic rings. The molecule has 1 atom stereocenters. The number of nitrogen functional groups attached to an aromatic ring is 1. The van der Waals surface area contributed by atoms with Gasteiger partial charge in [0.1, 0.15) is 5.75 Å². The van der Waals surface area contributed by atoms with Crippen LogP contribution in [0.1, 0.15) is 26.7 Å². The maximum atomic E-state index is 5.71. The highest BCUT2D eigenvalue weighted by Crippen LogP contribution is 2.23. The van der Waals surface area contributed by atoms with Crippen LogP contribution in [0.2, 0.25) is 0 Å². The van der Waals surface area contributed by atoms with Crippen LogP contribution in [0.5, 0.6) is 5.75 Å². The minimum atomic E-state index is 0.593. The molecule has 0 radical (unpaired) electrons. The molecular formula is C12H18BrNO. The van der Waals surface area contributed by atoms with E-state index in [9.17, 15) is 0 Å². The lowest BCUT2D eigenvalue weighted by Gasteiger charge is -2.12. The first-order valence-corrected chi connectivity index (χ1v) is 6.10. The summed E-state index contributed by atoms with van der Waals surface area (Å²) in [7, 11) is 0. The second-order valence-corrected chi connectivity index (χ2v) is 4.84. The van der Waals surface area contributed by atoms with Gasteiger partial charge in [0.05, 0.1) is 6.61 Å². The first-order valence-electron chi connectivity index (χ1n) is 5.30. The predicted octanol–water partition coefficient (Wildman–Crippen LogP) is 3.85. The van der Waals surface area contributed by atoms with Crippen LogP contribution in [0.3, 0.4) is 0 Å². The Morgan fingerprint density at radius 1 is 1.40 bits per heavy atom. The SMILES string of the molecule is CCCC(C)COc1cc(N)cc(Br)c1. The molecule has 0 heterocycles. The van der Waals surface area contributed by atoms with Crippen molar-refractivity contribution in [3.05, 3.63) is 22.7 Å². The van der Waals surface area contributed by atoms with E-state index in [-0.39, 0.29) is 0 Å². The number of ether oxygens (including phenoxy) is 1. The summed E-state index contributed by atoms with van der Waals surface area (Å²) in [6.45, 7) is 5.14. The van der Waals surface area contributed by atoms with Crippen molar-refractivity contribution in [2.75, 3.05) is 12.3 Å². The van der Waals surface area contributed by atoms with Gasteiger partial charge in [-0.2, -0.15) is 0 Å². The standard InChI is InChI=1S/C12H18BrNO/c1-3-4-9(2)8-15-12-6-10(13)5-11(14)7-12/h5-7,9H,3-4,8,14H2,1-2H3. The Morgan fingerprint density at radius 3 is 2.73 bits per heavy atom. The average Bonchev–Trinajstić information content (AvgIpc) is 2.14. The number of benzene rings is 1. The highest BCUT2D eigenvalue weighted by atomic mass is 79.9. The number of nitrogens with two attached hydrogens (primary N) is 1. The second-order valence-electron chi connectivity index (χ2n) is 3.93. The van der Waals surface area contributed by atoms with E-state index >= 15 is 0 Å². The van der Waals surface area contributed by atoms with Crippen molar-refractivity contribution in [2.45, 2.75) is 26.7 Å². The Bertz CT molecular complexity index is 294. The van der Waals surface area contributed by atoms with Crippen molar-refractivity contribution < 1.29 is 4.74 Å².